The van der Waals surface area contributed by atoms with Crippen LogP contribution in [0.1, 0.15) is 16.7 Å². The van der Waals surface area contributed by atoms with Crippen molar-refractivity contribution < 1.29 is 30.0 Å². The van der Waals surface area contributed by atoms with E-state index in [-0.39, 0.29) is 16.9 Å². The molecule has 4 N–H and O–H groups in total. The lowest BCUT2D eigenvalue weighted by molar-refractivity contribution is -0.163. The molecule has 3 aromatic rings. The van der Waals surface area contributed by atoms with Crippen molar-refractivity contribution in [2.45, 2.75) is 6.42 Å². The highest BCUT2D eigenvalue weighted by Gasteiger charge is 2.55. The average Bonchev–Trinajstić information content (AvgIpc) is 2.68. The predicted octanol–water partition coefficient (Wildman–Crippen LogP) is 3.57. The molecule has 0 atom stereocenters. The summed E-state index contributed by atoms with van der Waals surface area (Å²) in [7, 11) is 0. The summed E-state index contributed by atoms with van der Waals surface area (Å²) in [5, 5.41) is 42.5. The average molecular weight is 376 g/mol. The van der Waals surface area contributed by atoms with Crippen LogP contribution in [0.2, 0.25) is 0 Å². The number of aliphatic hydroxyl groups is 1. The molecular formula is C22H16O6. The van der Waals surface area contributed by atoms with Crippen molar-refractivity contribution >= 4 is 28.3 Å². The summed E-state index contributed by atoms with van der Waals surface area (Å²) < 4.78 is 0. The van der Waals surface area contributed by atoms with E-state index >= 15 is 0 Å². The molecule has 0 saturated carbocycles. The number of aromatic hydroxyl groups is 1. The van der Waals surface area contributed by atoms with Crippen LogP contribution in [0.25, 0.3) is 16.3 Å². The van der Waals surface area contributed by atoms with Gasteiger partial charge in [0.05, 0.1) is 0 Å². The Bertz CT molecular complexity index is 1160. The molecule has 1 aliphatic carbocycles. The minimum Gasteiger partial charge on any atom is -0.510 e. The van der Waals surface area contributed by atoms with E-state index in [4.69, 9.17) is 0 Å². The second-order valence-electron chi connectivity index (χ2n) is 6.75. The summed E-state index contributed by atoms with van der Waals surface area (Å²) in [6.45, 7) is 0. The van der Waals surface area contributed by atoms with E-state index < -0.39 is 29.5 Å². The normalized spacial score (nSPS) is 15.3. The lowest BCUT2D eigenvalue weighted by Gasteiger charge is -2.33. The van der Waals surface area contributed by atoms with Crippen LogP contribution >= 0.6 is 0 Å². The fraction of sp³-hybridized carbons (Fsp3) is 0.0909. The smallest absolute Gasteiger partial charge is 0.329 e. The highest BCUT2D eigenvalue weighted by Crippen LogP contribution is 2.48. The van der Waals surface area contributed by atoms with Gasteiger partial charge in [0.15, 0.2) is 0 Å². The summed E-state index contributed by atoms with van der Waals surface area (Å²) >= 11 is 0. The van der Waals surface area contributed by atoms with Gasteiger partial charge >= 0.3 is 11.9 Å². The minimum atomic E-state index is -2.53. The highest BCUT2D eigenvalue weighted by molar-refractivity contribution is 6.09. The van der Waals surface area contributed by atoms with Gasteiger partial charge in [-0.1, -0.05) is 54.6 Å². The molecule has 0 heterocycles. The van der Waals surface area contributed by atoms with E-state index in [2.05, 4.69) is 0 Å². The van der Waals surface area contributed by atoms with Crippen LogP contribution in [0.3, 0.4) is 0 Å². The molecule has 0 fully saturated rings. The lowest BCUT2D eigenvalue weighted by Crippen LogP contribution is -2.45. The zero-order valence-corrected chi connectivity index (χ0v) is 14.6. The first kappa shape index (κ1) is 17.6. The van der Waals surface area contributed by atoms with E-state index in [0.29, 0.717) is 16.5 Å². The largest absolute Gasteiger partial charge is 0.510 e. The lowest BCUT2D eigenvalue weighted by atomic mass is 9.70. The Labute approximate surface area is 159 Å². The van der Waals surface area contributed by atoms with E-state index in [1.54, 1.807) is 42.5 Å². The maximum absolute atomic E-state index is 12.0. The van der Waals surface area contributed by atoms with Crippen molar-refractivity contribution in [3.63, 3.8) is 0 Å². The Kier molecular flexibility index (Phi) is 3.85. The molecular weight excluding hydrogens is 360 g/mol. The molecule has 0 saturated heterocycles. The van der Waals surface area contributed by atoms with E-state index in [0.717, 1.165) is 5.39 Å². The van der Waals surface area contributed by atoms with Crippen LogP contribution in [0.4, 0.5) is 0 Å². The molecule has 140 valence electrons. The number of phenolic OH excluding ortho intramolecular Hbond substituents is 1. The fourth-order valence-corrected chi connectivity index (χ4v) is 3.85. The van der Waals surface area contributed by atoms with Crippen molar-refractivity contribution in [3.05, 3.63) is 83.1 Å². The van der Waals surface area contributed by atoms with Gasteiger partial charge in [0.1, 0.15) is 11.5 Å². The molecule has 0 radical (unpaired) electrons. The standard InChI is InChI=1S/C22H16O6/c23-16-10-9-12-5-1-3-7-14(12)17(16)18-15-8-4-2-6-13(15)11-22(19(18)24,20(25)26)21(27)28/h1-10,23-24H,11H2,(H,25,26)(H,27,28). The van der Waals surface area contributed by atoms with Crippen molar-refractivity contribution in [1.29, 1.82) is 0 Å². The second kappa shape index (κ2) is 6.13. The van der Waals surface area contributed by atoms with Crippen molar-refractivity contribution in [2.24, 2.45) is 5.41 Å². The number of hydrogen-bond donors (Lipinski definition) is 4. The summed E-state index contributed by atoms with van der Waals surface area (Å²) in [4.78, 5) is 24.1. The molecule has 0 spiro atoms. The minimum absolute atomic E-state index is 0.0148. The number of aliphatic hydroxyl groups excluding tert-OH is 1. The van der Waals surface area contributed by atoms with Gasteiger partial charge in [0.25, 0.3) is 0 Å². The molecule has 0 bridgehead atoms. The Hall–Kier alpha value is -3.80. The van der Waals surface area contributed by atoms with Crippen LogP contribution in [-0.2, 0) is 16.0 Å². The molecule has 28 heavy (non-hydrogen) atoms. The topological polar surface area (TPSA) is 115 Å². The first-order valence-electron chi connectivity index (χ1n) is 8.58. The zero-order valence-electron chi connectivity index (χ0n) is 14.6. The summed E-state index contributed by atoms with van der Waals surface area (Å²) in [6, 6.07) is 16.9. The Morgan fingerprint density at radius 1 is 0.821 bits per heavy atom. The molecule has 1 aliphatic rings. The third-order valence-electron chi connectivity index (χ3n) is 5.27. The molecule has 6 heteroatoms. The highest BCUT2D eigenvalue weighted by atomic mass is 16.4. The molecule has 0 aliphatic heterocycles. The maximum atomic E-state index is 12.0. The third kappa shape index (κ3) is 2.28. The number of carboxylic acid groups (broad SMARTS) is 2. The van der Waals surface area contributed by atoms with Gasteiger partial charge in [0.2, 0.25) is 5.41 Å². The molecule has 6 nitrogen and oxygen atoms in total. The molecule has 0 unspecified atom stereocenters. The van der Waals surface area contributed by atoms with Crippen LogP contribution in [0, 0.1) is 5.41 Å². The number of carboxylic acids is 2. The van der Waals surface area contributed by atoms with Crippen LogP contribution in [0.15, 0.2) is 66.4 Å². The molecule has 4 rings (SSSR count). The van der Waals surface area contributed by atoms with E-state index in [1.807, 2.05) is 12.1 Å². The number of phenols is 1. The van der Waals surface area contributed by atoms with Gasteiger partial charge in [-0.05, 0) is 28.0 Å². The van der Waals surface area contributed by atoms with E-state index in [9.17, 15) is 30.0 Å². The summed E-state index contributed by atoms with van der Waals surface area (Å²) in [6.07, 6.45) is -0.394. The van der Waals surface area contributed by atoms with Gasteiger partial charge in [-0.15, -0.1) is 0 Å². The van der Waals surface area contributed by atoms with Crippen molar-refractivity contribution in [2.75, 3.05) is 0 Å². The zero-order chi connectivity index (χ0) is 20.1. The van der Waals surface area contributed by atoms with Gasteiger partial charge in [-0.25, -0.2) is 0 Å². The second-order valence-corrected chi connectivity index (χ2v) is 6.75. The monoisotopic (exact) mass is 376 g/mol. The summed E-state index contributed by atoms with van der Waals surface area (Å²) in [5.74, 6) is -4.30. The number of benzene rings is 3. The quantitative estimate of drug-likeness (QED) is 0.520. The van der Waals surface area contributed by atoms with Gasteiger partial charge in [0, 0.05) is 17.6 Å². The van der Waals surface area contributed by atoms with Gasteiger partial charge < -0.3 is 20.4 Å². The summed E-state index contributed by atoms with van der Waals surface area (Å²) in [5.41, 5.74) is -1.36. The van der Waals surface area contributed by atoms with Crippen LogP contribution in [-0.4, -0.2) is 32.4 Å². The fourth-order valence-electron chi connectivity index (χ4n) is 3.85. The Morgan fingerprint density at radius 3 is 2.18 bits per heavy atom. The Morgan fingerprint density at radius 2 is 1.46 bits per heavy atom. The van der Waals surface area contributed by atoms with Gasteiger partial charge in [-0.2, -0.15) is 0 Å². The number of rotatable bonds is 3. The number of aliphatic carboxylic acids is 2. The number of fused-ring (bicyclic) bond motifs is 2. The van der Waals surface area contributed by atoms with Crippen molar-refractivity contribution in [3.8, 4) is 5.75 Å². The molecule has 3 aromatic carbocycles. The van der Waals surface area contributed by atoms with Crippen LogP contribution in [0.5, 0.6) is 5.75 Å². The number of hydrogen-bond acceptors (Lipinski definition) is 4. The maximum Gasteiger partial charge on any atom is 0.329 e. The predicted molar refractivity (Wildman–Crippen MR) is 102 cm³/mol. The molecule has 0 amide bonds. The molecule has 0 aromatic heterocycles. The third-order valence-corrected chi connectivity index (χ3v) is 5.27. The Balaban J connectivity index is 2.19. The number of carbonyl (C=O) groups is 2. The van der Waals surface area contributed by atoms with E-state index in [1.165, 1.54) is 6.07 Å². The van der Waals surface area contributed by atoms with Crippen molar-refractivity contribution in [1.82, 2.24) is 0 Å². The van der Waals surface area contributed by atoms with Gasteiger partial charge in [-0.3, -0.25) is 9.59 Å². The van der Waals surface area contributed by atoms with Crippen LogP contribution < -0.4 is 0 Å². The first-order valence-corrected chi connectivity index (χ1v) is 8.58. The first-order chi connectivity index (χ1) is 13.4. The SMILES string of the molecule is O=C(O)C1(C(=O)O)Cc2ccccc2C(c2c(O)ccc3ccccc23)=C1O.